The minimum absolute atomic E-state index is 0.557. The van der Waals surface area contributed by atoms with Crippen molar-refractivity contribution in [2.45, 2.75) is 33.4 Å². The van der Waals surface area contributed by atoms with E-state index in [2.05, 4.69) is 27.7 Å². The van der Waals surface area contributed by atoms with Gasteiger partial charge in [0.2, 0.25) is 0 Å². The van der Waals surface area contributed by atoms with Crippen molar-refractivity contribution in [3.8, 4) is 5.75 Å². The second-order valence-electron chi connectivity index (χ2n) is 5.03. The average molecular weight is 316 g/mol. The minimum Gasteiger partial charge on any atom is -0.497 e. The van der Waals surface area contributed by atoms with E-state index >= 15 is 0 Å². The Balaban J connectivity index is 1.93. The molecule has 0 spiro atoms. The summed E-state index contributed by atoms with van der Waals surface area (Å²) in [4.78, 5) is 4.57. The van der Waals surface area contributed by atoms with Crippen LogP contribution in [0, 0.1) is 0 Å². The van der Waals surface area contributed by atoms with Gasteiger partial charge in [0.25, 0.3) is 0 Å². The Bertz CT molecular complexity index is 620. The number of methoxy groups -OCH3 is 1. The number of aliphatic imine (C=N–C) groups is 1. The predicted molar refractivity (Wildman–Crippen MR) is 90.5 cm³/mol. The van der Waals surface area contributed by atoms with E-state index in [-0.39, 0.29) is 0 Å². The van der Waals surface area contributed by atoms with Crippen LogP contribution in [0.15, 0.2) is 39.8 Å². The number of benzene rings is 1. The highest BCUT2D eigenvalue weighted by molar-refractivity contribution is 5.79. The van der Waals surface area contributed by atoms with E-state index in [9.17, 15) is 0 Å². The number of ether oxygens (including phenoxy) is 1. The number of hydrogen-bond acceptors (Lipinski definition) is 4. The summed E-state index contributed by atoms with van der Waals surface area (Å²) >= 11 is 0. The largest absolute Gasteiger partial charge is 0.497 e. The monoisotopic (exact) mass is 316 g/mol. The summed E-state index contributed by atoms with van der Waals surface area (Å²) in [6, 6.07) is 9.85. The first kappa shape index (κ1) is 16.9. The van der Waals surface area contributed by atoms with Gasteiger partial charge in [0.1, 0.15) is 5.75 Å². The number of hydrogen-bond donors (Lipinski definition) is 2. The molecule has 6 heteroatoms. The second-order valence-corrected chi connectivity index (χ2v) is 5.03. The lowest BCUT2D eigenvalue weighted by Crippen LogP contribution is -2.36. The van der Waals surface area contributed by atoms with E-state index in [1.165, 1.54) is 0 Å². The standard InChI is InChI=1S/C17H24N4O2/c1-4-14-10-16(23-21-14)12-20-17(18-5-2)19-11-13-6-8-15(22-3)9-7-13/h6-10H,4-5,11-12H2,1-3H3,(H2,18,19,20). The summed E-state index contributed by atoms with van der Waals surface area (Å²) < 4.78 is 10.4. The van der Waals surface area contributed by atoms with Gasteiger partial charge < -0.3 is 19.9 Å². The number of guanidine groups is 1. The Morgan fingerprint density at radius 3 is 2.61 bits per heavy atom. The molecule has 2 aromatic rings. The topological polar surface area (TPSA) is 71.7 Å². The first-order valence-electron chi connectivity index (χ1n) is 7.84. The molecule has 1 aromatic heterocycles. The van der Waals surface area contributed by atoms with Crippen LogP contribution < -0.4 is 15.4 Å². The third kappa shape index (κ3) is 5.32. The molecule has 0 aliphatic rings. The highest BCUT2D eigenvalue weighted by atomic mass is 16.5. The molecular formula is C17H24N4O2. The summed E-state index contributed by atoms with van der Waals surface area (Å²) in [7, 11) is 1.66. The van der Waals surface area contributed by atoms with Gasteiger partial charge in [0, 0.05) is 12.6 Å². The smallest absolute Gasteiger partial charge is 0.191 e. The lowest BCUT2D eigenvalue weighted by molar-refractivity contribution is 0.374. The van der Waals surface area contributed by atoms with Crippen molar-refractivity contribution < 1.29 is 9.26 Å². The number of nitrogens with zero attached hydrogens (tertiary/aromatic N) is 2. The van der Waals surface area contributed by atoms with E-state index in [0.29, 0.717) is 13.1 Å². The highest BCUT2D eigenvalue weighted by Crippen LogP contribution is 2.11. The van der Waals surface area contributed by atoms with Crippen LogP contribution in [0.3, 0.4) is 0 Å². The molecule has 6 nitrogen and oxygen atoms in total. The van der Waals surface area contributed by atoms with E-state index in [0.717, 1.165) is 41.7 Å². The third-order valence-corrected chi connectivity index (χ3v) is 3.32. The molecular weight excluding hydrogens is 292 g/mol. The number of aryl methyl sites for hydroxylation is 1. The van der Waals surface area contributed by atoms with Crippen LogP contribution in [0.5, 0.6) is 5.75 Å². The molecule has 0 bridgehead atoms. The molecule has 0 atom stereocenters. The molecule has 1 heterocycles. The molecule has 23 heavy (non-hydrogen) atoms. The Labute approximate surface area is 136 Å². The number of aromatic nitrogens is 1. The highest BCUT2D eigenvalue weighted by Gasteiger charge is 2.04. The van der Waals surface area contributed by atoms with Crippen molar-refractivity contribution in [3.63, 3.8) is 0 Å². The first-order chi connectivity index (χ1) is 11.2. The second kappa shape index (κ2) is 8.82. The fraction of sp³-hybridized carbons (Fsp3) is 0.412. The fourth-order valence-electron chi connectivity index (χ4n) is 2.02. The summed E-state index contributed by atoms with van der Waals surface area (Å²) in [6.07, 6.45) is 0.870. The molecule has 2 rings (SSSR count). The summed E-state index contributed by atoms with van der Waals surface area (Å²) in [5.41, 5.74) is 2.08. The van der Waals surface area contributed by atoms with Crippen LogP contribution in [0.2, 0.25) is 0 Å². The normalized spacial score (nSPS) is 11.3. The van der Waals surface area contributed by atoms with E-state index in [1.807, 2.05) is 37.3 Å². The average Bonchev–Trinajstić information content (AvgIpc) is 3.06. The maximum Gasteiger partial charge on any atom is 0.191 e. The van der Waals surface area contributed by atoms with Crippen LogP contribution in [-0.4, -0.2) is 24.8 Å². The summed E-state index contributed by atoms with van der Waals surface area (Å²) in [6.45, 7) is 6.03. The molecule has 124 valence electrons. The molecule has 0 amide bonds. The maximum absolute atomic E-state index is 5.26. The molecule has 0 fully saturated rings. The third-order valence-electron chi connectivity index (χ3n) is 3.32. The Morgan fingerprint density at radius 1 is 1.22 bits per heavy atom. The van der Waals surface area contributed by atoms with Gasteiger partial charge in [0.15, 0.2) is 11.7 Å². The lowest BCUT2D eigenvalue weighted by atomic mass is 10.2. The zero-order chi connectivity index (χ0) is 16.5. The summed E-state index contributed by atoms with van der Waals surface area (Å²) in [5.74, 6) is 2.40. The zero-order valence-corrected chi connectivity index (χ0v) is 13.9. The minimum atomic E-state index is 0.557. The molecule has 0 radical (unpaired) electrons. The van der Waals surface area contributed by atoms with Crippen LogP contribution in [-0.2, 0) is 19.5 Å². The van der Waals surface area contributed by atoms with Crippen molar-refractivity contribution in [3.05, 3.63) is 47.3 Å². The Kier molecular flexibility index (Phi) is 6.47. The fourth-order valence-corrected chi connectivity index (χ4v) is 2.02. The molecule has 2 N–H and O–H groups in total. The van der Waals surface area contributed by atoms with Gasteiger partial charge in [-0.1, -0.05) is 24.2 Å². The van der Waals surface area contributed by atoms with Crippen molar-refractivity contribution in [1.82, 2.24) is 15.8 Å². The van der Waals surface area contributed by atoms with Gasteiger partial charge in [-0.15, -0.1) is 0 Å². The molecule has 0 aliphatic heterocycles. The van der Waals surface area contributed by atoms with Gasteiger partial charge >= 0.3 is 0 Å². The van der Waals surface area contributed by atoms with Crippen LogP contribution in [0.4, 0.5) is 0 Å². The van der Waals surface area contributed by atoms with Crippen molar-refractivity contribution in [2.75, 3.05) is 13.7 Å². The van der Waals surface area contributed by atoms with E-state index < -0.39 is 0 Å². The number of nitrogens with one attached hydrogen (secondary N) is 2. The van der Waals surface area contributed by atoms with Gasteiger partial charge in [-0.3, -0.25) is 0 Å². The van der Waals surface area contributed by atoms with Gasteiger partial charge in [-0.2, -0.15) is 0 Å². The summed E-state index contributed by atoms with van der Waals surface area (Å²) in [5, 5.41) is 10.4. The Morgan fingerprint density at radius 2 is 2.00 bits per heavy atom. The van der Waals surface area contributed by atoms with Crippen LogP contribution in [0.25, 0.3) is 0 Å². The molecule has 0 saturated carbocycles. The Hall–Kier alpha value is -2.50. The zero-order valence-electron chi connectivity index (χ0n) is 13.9. The number of rotatable bonds is 7. The predicted octanol–water partition coefficient (Wildman–Crippen LogP) is 2.50. The quantitative estimate of drug-likeness (QED) is 0.606. The molecule has 0 saturated heterocycles. The van der Waals surface area contributed by atoms with Crippen molar-refractivity contribution in [1.29, 1.82) is 0 Å². The molecule has 1 aromatic carbocycles. The molecule has 0 aliphatic carbocycles. The van der Waals surface area contributed by atoms with Gasteiger partial charge in [-0.25, -0.2) is 4.99 Å². The van der Waals surface area contributed by atoms with E-state index in [4.69, 9.17) is 9.26 Å². The van der Waals surface area contributed by atoms with Crippen molar-refractivity contribution in [2.24, 2.45) is 4.99 Å². The SMILES string of the molecule is CCNC(=NCc1ccc(OC)cc1)NCc1cc(CC)no1. The van der Waals surface area contributed by atoms with Gasteiger partial charge in [0.05, 0.1) is 25.9 Å². The van der Waals surface area contributed by atoms with Gasteiger partial charge in [-0.05, 0) is 31.0 Å². The maximum atomic E-state index is 5.26. The lowest BCUT2D eigenvalue weighted by Gasteiger charge is -2.10. The van der Waals surface area contributed by atoms with Crippen molar-refractivity contribution >= 4 is 5.96 Å². The molecule has 0 unspecified atom stereocenters. The first-order valence-corrected chi connectivity index (χ1v) is 7.84. The van der Waals surface area contributed by atoms with Crippen LogP contribution >= 0.6 is 0 Å². The van der Waals surface area contributed by atoms with Crippen LogP contribution in [0.1, 0.15) is 30.9 Å². The van der Waals surface area contributed by atoms with E-state index in [1.54, 1.807) is 7.11 Å².